The van der Waals surface area contributed by atoms with Crippen LogP contribution in [0.25, 0.3) is 0 Å². The van der Waals surface area contributed by atoms with Crippen molar-refractivity contribution < 1.29 is 9.53 Å². The van der Waals surface area contributed by atoms with E-state index >= 15 is 0 Å². The van der Waals surface area contributed by atoms with E-state index in [0.29, 0.717) is 5.92 Å². The zero-order chi connectivity index (χ0) is 7.14. The number of rotatable bonds is 1. The molecular weight excluding hydrogens is 128 g/mol. The van der Waals surface area contributed by atoms with E-state index in [1.54, 1.807) is 0 Å². The largest absolute Gasteiger partial charge is 0.469 e. The lowest BCUT2D eigenvalue weighted by atomic mass is 9.53. The van der Waals surface area contributed by atoms with Gasteiger partial charge in [-0.3, -0.25) is 4.79 Å². The summed E-state index contributed by atoms with van der Waals surface area (Å²) in [6.45, 7) is 0. The van der Waals surface area contributed by atoms with E-state index in [-0.39, 0.29) is 11.9 Å². The Hall–Kier alpha value is -0.530. The van der Waals surface area contributed by atoms with Crippen molar-refractivity contribution in [2.45, 2.75) is 19.3 Å². The molecule has 2 rings (SSSR count). The van der Waals surface area contributed by atoms with Crippen LogP contribution < -0.4 is 0 Å². The molecule has 0 saturated heterocycles. The highest BCUT2D eigenvalue weighted by molar-refractivity contribution is 5.74. The summed E-state index contributed by atoms with van der Waals surface area (Å²) < 4.78 is 4.67. The number of methoxy groups -OCH3 is 1. The zero-order valence-corrected chi connectivity index (χ0v) is 6.17. The maximum absolute atomic E-state index is 11.0. The fraction of sp³-hybridized carbons (Fsp3) is 0.875. The summed E-state index contributed by atoms with van der Waals surface area (Å²) in [5.74, 6) is 1.86. The molecule has 0 aromatic carbocycles. The molecule has 0 aliphatic heterocycles. The monoisotopic (exact) mass is 140 g/mol. The molecule has 0 heterocycles. The molecule has 10 heavy (non-hydrogen) atoms. The molecule has 3 unspecified atom stereocenters. The number of hydrogen-bond acceptors (Lipinski definition) is 2. The zero-order valence-electron chi connectivity index (χ0n) is 6.17. The second-order valence-electron chi connectivity index (χ2n) is 3.37. The Balaban J connectivity index is 1.91. The first-order chi connectivity index (χ1) is 4.83. The van der Waals surface area contributed by atoms with Crippen LogP contribution in [0, 0.1) is 17.8 Å². The van der Waals surface area contributed by atoms with Crippen molar-refractivity contribution in [3.8, 4) is 0 Å². The van der Waals surface area contributed by atoms with Gasteiger partial charge in [-0.05, 0) is 31.1 Å². The first-order valence-corrected chi connectivity index (χ1v) is 3.90. The van der Waals surface area contributed by atoms with Gasteiger partial charge in [-0.2, -0.15) is 0 Å². The van der Waals surface area contributed by atoms with Crippen molar-refractivity contribution in [3.63, 3.8) is 0 Å². The molecule has 0 bridgehead atoms. The average molecular weight is 140 g/mol. The van der Waals surface area contributed by atoms with Crippen LogP contribution in [0.4, 0.5) is 0 Å². The summed E-state index contributed by atoms with van der Waals surface area (Å²) in [5.41, 5.74) is 0. The SMILES string of the molecule is COC(=O)C1CC2CCC21. The van der Waals surface area contributed by atoms with Crippen LogP contribution in [0.15, 0.2) is 0 Å². The molecule has 0 spiro atoms. The van der Waals surface area contributed by atoms with Crippen molar-refractivity contribution in [3.05, 3.63) is 0 Å². The number of carbonyl (C=O) groups excluding carboxylic acids is 1. The number of esters is 1. The van der Waals surface area contributed by atoms with Crippen molar-refractivity contribution in [1.29, 1.82) is 0 Å². The summed E-state index contributed by atoms with van der Waals surface area (Å²) in [6.07, 6.45) is 3.69. The first kappa shape index (κ1) is 6.20. The number of fused-ring (bicyclic) bond motifs is 1. The minimum absolute atomic E-state index is 0.0148. The van der Waals surface area contributed by atoms with Gasteiger partial charge in [0.15, 0.2) is 0 Å². The third kappa shape index (κ3) is 0.619. The second-order valence-corrected chi connectivity index (χ2v) is 3.37. The molecule has 3 atom stereocenters. The third-order valence-corrected chi connectivity index (χ3v) is 3.05. The molecular formula is C8H12O2. The van der Waals surface area contributed by atoms with Crippen molar-refractivity contribution in [2.24, 2.45) is 17.8 Å². The van der Waals surface area contributed by atoms with Crippen LogP contribution in [0.5, 0.6) is 0 Å². The molecule has 0 radical (unpaired) electrons. The Bertz CT molecular complexity index is 165. The van der Waals surface area contributed by atoms with Gasteiger partial charge < -0.3 is 4.74 Å². The van der Waals surface area contributed by atoms with Gasteiger partial charge >= 0.3 is 5.97 Å². The topological polar surface area (TPSA) is 26.3 Å². The molecule has 0 N–H and O–H groups in total. The van der Waals surface area contributed by atoms with E-state index in [1.165, 1.54) is 20.0 Å². The van der Waals surface area contributed by atoms with Gasteiger partial charge in [0.2, 0.25) is 0 Å². The lowest BCUT2D eigenvalue weighted by Crippen LogP contribution is -2.48. The summed E-state index contributed by atoms with van der Waals surface area (Å²) in [6, 6.07) is 0. The lowest BCUT2D eigenvalue weighted by Gasteiger charge is -2.51. The first-order valence-electron chi connectivity index (χ1n) is 3.90. The van der Waals surface area contributed by atoms with Crippen molar-refractivity contribution in [2.75, 3.05) is 7.11 Å². The van der Waals surface area contributed by atoms with Crippen LogP contribution in [0.2, 0.25) is 0 Å². The maximum atomic E-state index is 11.0. The van der Waals surface area contributed by atoms with Gasteiger partial charge in [-0.1, -0.05) is 0 Å². The molecule has 0 aromatic heterocycles. The maximum Gasteiger partial charge on any atom is 0.308 e. The Morgan fingerprint density at radius 1 is 1.50 bits per heavy atom. The highest BCUT2D eigenvalue weighted by Gasteiger charge is 2.50. The molecule has 2 aliphatic carbocycles. The Morgan fingerprint density at radius 3 is 2.60 bits per heavy atom. The number of carbonyl (C=O) groups is 1. The molecule has 2 nitrogen and oxygen atoms in total. The summed E-state index contributed by atoms with van der Waals surface area (Å²) in [5, 5.41) is 0. The smallest absolute Gasteiger partial charge is 0.308 e. The lowest BCUT2D eigenvalue weighted by molar-refractivity contribution is -0.161. The standard InChI is InChI=1S/C8H12O2/c1-10-8(9)7-4-5-2-3-6(5)7/h5-7H,2-4H2,1H3. The van der Waals surface area contributed by atoms with E-state index in [9.17, 15) is 4.79 Å². The van der Waals surface area contributed by atoms with Crippen molar-refractivity contribution >= 4 is 5.97 Å². The molecule has 0 amide bonds. The van der Waals surface area contributed by atoms with E-state index in [1.807, 2.05) is 0 Å². The predicted molar refractivity (Wildman–Crippen MR) is 36.3 cm³/mol. The number of hydrogen-bond donors (Lipinski definition) is 0. The number of ether oxygens (including phenoxy) is 1. The summed E-state index contributed by atoms with van der Waals surface area (Å²) in [7, 11) is 1.48. The van der Waals surface area contributed by atoms with Gasteiger partial charge in [-0.25, -0.2) is 0 Å². The summed E-state index contributed by atoms with van der Waals surface area (Å²) in [4.78, 5) is 11.0. The Morgan fingerprint density at radius 2 is 2.30 bits per heavy atom. The van der Waals surface area contributed by atoms with E-state index in [2.05, 4.69) is 4.74 Å². The van der Waals surface area contributed by atoms with Gasteiger partial charge in [0.25, 0.3) is 0 Å². The Labute approximate surface area is 60.6 Å². The van der Waals surface area contributed by atoms with Gasteiger partial charge in [0, 0.05) is 0 Å². The fourth-order valence-corrected chi connectivity index (χ4v) is 2.14. The normalized spacial score (nSPS) is 42.7. The Kier molecular flexibility index (Phi) is 1.22. The average Bonchev–Trinajstić information content (AvgIpc) is 1.93. The quantitative estimate of drug-likeness (QED) is 0.512. The van der Waals surface area contributed by atoms with E-state index in [0.717, 1.165) is 12.3 Å². The fourth-order valence-electron chi connectivity index (χ4n) is 2.14. The molecule has 2 fully saturated rings. The van der Waals surface area contributed by atoms with Gasteiger partial charge in [-0.15, -0.1) is 0 Å². The minimum Gasteiger partial charge on any atom is -0.469 e. The second kappa shape index (κ2) is 1.97. The van der Waals surface area contributed by atoms with Crippen LogP contribution >= 0.6 is 0 Å². The molecule has 2 saturated carbocycles. The van der Waals surface area contributed by atoms with Gasteiger partial charge in [0.1, 0.15) is 0 Å². The van der Waals surface area contributed by atoms with Crippen molar-refractivity contribution in [1.82, 2.24) is 0 Å². The van der Waals surface area contributed by atoms with Crippen LogP contribution in [0.1, 0.15) is 19.3 Å². The molecule has 2 aliphatic rings. The predicted octanol–water partition coefficient (Wildman–Crippen LogP) is 1.21. The van der Waals surface area contributed by atoms with Gasteiger partial charge in [0.05, 0.1) is 13.0 Å². The highest BCUT2D eigenvalue weighted by atomic mass is 16.5. The highest BCUT2D eigenvalue weighted by Crippen LogP contribution is 2.54. The molecule has 0 aromatic rings. The van der Waals surface area contributed by atoms with E-state index < -0.39 is 0 Å². The van der Waals surface area contributed by atoms with Crippen LogP contribution in [-0.2, 0) is 9.53 Å². The third-order valence-electron chi connectivity index (χ3n) is 3.05. The molecule has 56 valence electrons. The minimum atomic E-state index is 0.0148. The van der Waals surface area contributed by atoms with Crippen LogP contribution in [0.3, 0.4) is 0 Å². The van der Waals surface area contributed by atoms with E-state index in [4.69, 9.17) is 0 Å². The summed E-state index contributed by atoms with van der Waals surface area (Å²) >= 11 is 0. The van der Waals surface area contributed by atoms with Crippen LogP contribution in [-0.4, -0.2) is 13.1 Å². The molecule has 2 heteroatoms.